The van der Waals surface area contributed by atoms with Crippen LogP contribution in [0.15, 0.2) is 206 Å². The fourth-order valence-electron chi connectivity index (χ4n) is 7.84. The molecule has 2 heteroatoms. The van der Waals surface area contributed by atoms with E-state index in [1.165, 1.54) is 65.6 Å². The predicted octanol–water partition coefficient (Wildman–Crippen LogP) is 13.9. The third-order valence-electron chi connectivity index (χ3n) is 10.4. The summed E-state index contributed by atoms with van der Waals surface area (Å²) in [4.78, 5) is 2.33. The van der Waals surface area contributed by atoms with Crippen LogP contribution in [0, 0.1) is 0 Å². The Morgan fingerprint density at radius 2 is 0.827 bits per heavy atom. The van der Waals surface area contributed by atoms with Crippen molar-refractivity contribution >= 4 is 60.4 Å². The lowest BCUT2D eigenvalue weighted by atomic mass is 9.94. The van der Waals surface area contributed by atoms with Crippen LogP contribution in [-0.2, 0) is 0 Å². The van der Waals surface area contributed by atoms with Crippen molar-refractivity contribution in [2.75, 3.05) is 4.90 Å². The molecule has 0 bridgehead atoms. The van der Waals surface area contributed by atoms with E-state index >= 15 is 0 Å². The number of aromatic nitrogens is 1. The van der Waals surface area contributed by atoms with Crippen LogP contribution < -0.4 is 4.90 Å². The normalized spacial score (nSPS) is 11.5. The zero-order chi connectivity index (χ0) is 34.4. The van der Waals surface area contributed by atoms with Crippen LogP contribution in [0.1, 0.15) is 0 Å². The van der Waals surface area contributed by atoms with E-state index < -0.39 is 0 Å². The first-order valence-corrected chi connectivity index (χ1v) is 17.8. The first-order chi connectivity index (χ1) is 25.8. The molecule has 0 aliphatic rings. The Morgan fingerprint density at radius 3 is 1.54 bits per heavy atom. The van der Waals surface area contributed by atoms with E-state index in [4.69, 9.17) is 0 Å². The number of rotatable bonds is 6. The maximum Gasteiger partial charge on any atom is 0.0541 e. The molecule has 10 rings (SSSR count). The van der Waals surface area contributed by atoms with Crippen molar-refractivity contribution in [2.24, 2.45) is 0 Å². The fourth-order valence-corrected chi connectivity index (χ4v) is 7.84. The van der Waals surface area contributed by atoms with E-state index in [1.807, 2.05) is 0 Å². The van der Waals surface area contributed by atoms with Gasteiger partial charge in [0, 0.05) is 33.5 Å². The van der Waals surface area contributed by atoms with Gasteiger partial charge in [0.25, 0.3) is 0 Å². The quantitative estimate of drug-likeness (QED) is 0.172. The van der Waals surface area contributed by atoms with E-state index in [2.05, 4.69) is 216 Å². The minimum Gasteiger partial charge on any atom is -0.311 e. The molecule has 9 aromatic carbocycles. The molecular formula is C50H34N2. The minimum atomic E-state index is 1.11. The van der Waals surface area contributed by atoms with Crippen molar-refractivity contribution in [3.63, 3.8) is 0 Å². The summed E-state index contributed by atoms with van der Waals surface area (Å²) in [5, 5.41) is 7.54. The lowest BCUT2D eigenvalue weighted by Gasteiger charge is -2.26. The minimum absolute atomic E-state index is 1.11. The highest BCUT2D eigenvalue weighted by atomic mass is 15.1. The molecule has 0 atom stereocenters. The summed E-state index contributed by atoms with van der Waals surface area (Å²) in [6.07, 6.45) is 0. The molecule has 0 saturated carbocycles. The SMILES string of the molecule is c1ccc(N(c2ccc(-c3cccc4ccc(-c5ccc6ccccc6c5)cc34)cc2)c2ccc(-n3c4ccccc4c4ccccc43)cc2)cc1. The van der Waals surface area contributed by atoms with Crippen LogP contribution in [0.2, 0.25) is 0 Å². The molecule has 0 spiro atoms. The molecule has 2 nitrogen and oxygen atoms in total. The highest BCUT2D eigenvalue weighted by Gasteiger charge is 2.16. The molecule has 0 aliphatic heterocycles. The maximum absolute atomic E-state index is 2.37. The molecule has 0 unspecified atom stereocenters. The molecular weight excluding hydrogens is 629 g/mol. The average molecular weight is 663 g/mol. The summed E-state index contributed by atoms with van der Waals surface area (Å²) in [5.74, 6) is 0. The van der Waals surface area contributed by atoms with Gasteiger partial charge in [0.15, 0.2) is 0 Å². The van der Waals surface area contributed by atoms with Gasteiger partial charge < -0.3 is 9.47 Å². The van der Waals surface area contributed by atoms with Crippen LogP contribution >= 0.6 is 0 Å². The number of benzene rings is 9. The zero-order valence-corrected chi connectivity index (χ0v) is 28.5. The molecule has 0 N–H and O–H groups in total. The predicted molar refractivity (Wildman–Crippen MR) is 221 cm³/mol. The Hall–Kier alpha value is -6.90. The fraction of sp³-hybridized carbons (Fsp3) is 0. The summed E-state index contributed by atoms with van der Waals surface area (Å²) >= 11 is 0. The number of hydrogen-bond acceptors (Lipinski definition) is 1. The monoisotopic (exact) mass is 662 g/mol. The Labute approximate surface area is 303 Å². The van der Waals surface area contributed by atoms with Crippen LogP contribution in [0.3, 0.4) is 0 Å². The molecule has 0 amide bonds. The number of anilines is 3. The summed E-state index contributed by atoms with van der Waals surface area (Å²) < 4.78 is 2.37. The van der Waals surface area contributed by atoms with E-state index in [-0.39, 0.29) is 0 Å². The third-order valence-corrected chi connectivity index (χ3v) is 10.4. The van der Waals surface area contributed by atoms with Crippen LogP contribution in [0.5, 0.6) is 0 Å². The molecule has 10 aromatic rings. The lowest BCUT2D eigenvalue weighted by molar-refractivity contribution is 1.17. The first-order valence-electron chi connectivity index (χ1n) is 17.8. The second kappa shape index (κ2) is 12.5. The molecule has 1 aromatic heterocycles. The van der Waals surface area contributed by atoms with Crippen molar-refractivity contribution in [3.8, 4) is 27.9 Å². The van der Waals surface area contributed by atoms with Gasteiger partial charge in [-0.25, -0.2) is 0 Å². The Morgan fingerprint density at radius 1 is 0.308 bits per heavy atom. The zero-order valence-electron chi connectivity index (χ0n) is 28.5. The van der Waals surface area contributed by atoms with Crippen molar-refractivity contribution in [1.82, 2.24) is 4.57 Å². The third kappa shape index (κ3) is 5.12. The van der Waals surface area contributed by atoms with Gasteiger partial charge in [0.2, 0.25) is 0 Å². The van der Waals surface area contributed by atoms with Crippen molar-refractivity contribution in [3.05, 3.63) is 206 Å². The van der Waals surface area contributed by atoms with E-state index in [9.17, 15) is 0 Å². The highest BCUT2D eigenvalue weighted by Crippen LogP contribution is 2.39. The Balaban J connectivity index is 1.03. The topological polar surface area (TPSA) is 8.17 Å². The van der Waals surface area contributed by atoms with Crippen molar-refractivity contribution in [1.29, 1.82) is 0 Å². The van der Waals surface area contributed by atoms with E-state index in [1.54, 1.807) is 0 Å². The van der Waals surface area contributed by atoms with Gasteiger partial charge in [-0.2, -0.15) is 0 Å². The molecule has 52 heavy (non-hydrogen) atoms. The number of fused-ring (bicyclic) bond motifs is 5. The standard InChI is InChI=1S/C50H34N2/c1-2-14-41(15-3-1)51(43-29-31-44(32-30-43)52-49-19-8-6-16-46(49)47-17-7-9-20-50(47)52)42-27-25-37(26-28-42)45-18-10-13-36-22-24-40(34-48(36)45)39-23-21-35-11-4-5-12-38(35)33-39/h1-34H. The molecule has 0 aliphatic carbocycles. The van der Waals surface area contributed by atoms with Gasteiger partial charge in [-0.15, -0.1) is 0 Å². The number of para-hydroxylation sites is 3. The summed E-state index contributed by atoms with van der Waals surface area (Å²) in [7, 11) is 0. The van der Waals surface area contributed by atoms with Gasteiger partial charge in [-0.3, -0.25) is 0 Å². The second-order valence-corrected chi connectivity index (χ2v) is 13.4. The number of hydrogen-bond donors (Lipinski definition) is 0. The van der Waals surface area contributed by atoms with Gasteiger partial charge in [0.05, 0.1) is 11.0 Å². The van der Waals surface area contributed by atoms with Gasteiger partial charge in [-0.1, -0.05) is 133 Å². The van der Waals surface area contributed by atoms with Gasteiger partial charge in [0.1, 0.15) is 0 Å². The van der Waals surface area contributed by atoms with E-state index in [0.29, 0.717) is 0 Å². The maximum atomic E-state index is 2.37. The van der Waals surface area contributed by atoms with Gasteiger partial charge in [-0.05, 0) is 117 Å². The Bertz CT molecular complexity index is 2830. The lowest BCUT2D eigenvalue weighted by Crippen LogP contribution is -2.10. The summed E-state index contributed by atoms with van der Waals surface area (Å²) in [6, 6.07) is 74.6. The first kappa shape index (κ1) is 30.0. The summed E-state index contributed by atoms with van der Waals surface area (Å²) in [5.41, 5.74) is 11.8. The second-order valence-electron chi connectivity index (χ2n) is 13.4. The number of nitrogens with zero attached hydrogens (tertiary/aromatic N) is 2. The van der Waals surface area contributed by atoms with Gasteiger partial charge >= 0.3 is 0 Å². The molecule has 0 fully saturated rings. The van der Waals surface area contributed by atoms with Crippen molar-refractivity contribution < 1.29 is 0 Å². The largest absolute Gasteiger partial charge is 0.311 e. The molecule has 244 valence electrons. The smallest absolute Gasteiger partial charge is 0.0541 e. The molecule has 0 radical (unpaired) electrons. The van der Waals surface area contributed by atoms with Crippen LogP contribution in [0.4, 0.5) is 17.1 Å². The summed E-state index contributed by atoms with van der Waals surface area (Å²) in [6.45, 7) is 0. The van der Waals surface area contributed by atoms with E-state index in [0.717, 1.165) is 22.7 Å². The highest BCUT2D eigenvalue weighted by molar-refractivity contribution is 6.09. The Kier molecular flexibility index (Phi) is 7.18. The molecule has 1 heterocycles. The average Bonchev–Trinajstić information content (AvgIpc) is 3.56. The van der Waals surface area contributed by atoms with Crippen LogP contribution in [-0.4, -0.2) is 4.57 Å². The molecule has 0 saturated heterocycles. The van der Waals surface area contributed by atoms with Crippen molar-refractivity contribution in [2.45, 2.75) is 0 Å². The van der Waals surface area contributed by atoms with Crippen LogP contribution in [0.25, 0.3) is 71.3 Å².